The minimum atomic E-state index is -1.35. The maximum atomic E-state index is 12.4. The number of aromatic nitrogens is 1. The summed E-state index contributed by atoms with van der Waals surface area (Å²) in [4.78, 5) is 21.4. The van der Waals surface area contributed by atoms with Crippen LogP contribution in [0.1, 0.15) is 18.4 Å². The van der Waals surface area contributed by atoms with Crippen LogP contribution in [0.4, 0.5) is 0 Å². The normalized spacial score (nSPS) is 16.5. The molecule has 1 saturated heterocycles. The summed E-state index contributed by atoms with van der Waals surface area (Å²) in [7, 11) is -1.35. The van der Waals surface area contributed by atoms with Crippen LogP contribution in [0.25, 0.3) is 11.5 Å². The van der Waals surface area contributed by atoms with Crippen molar-refractivity contribution in [3.05, 3.63) is 40.7 Å². The fourth-order valence-corrected chi connectivity index (χ4v) is 4.56. The summed E-state index contributed by atoms with van der Waals surface area (Å²) >= 11 is 5.91. The Morgan fingerprint density at radius 3 is 2.53 bits per heavy atom. The van der Waals surface area contributed by atoms with Crippen LogP contribution in [-0.4, -0.2) is 76.5 Å². The number of benzene rings is 1. The van der Waals surface area contributed by atoms with E-state index >= 15 is 0 Å². The Labute approximate surface area is 185 Å². The molecule has 2 aromatic rings. The number of nitrogens with zero attached hydrogens (tertiary/aromatic N) is 3. The predicted octanol–water partition coefficient (Wildman–Crippen LogP) is 2.31. The Morgan fingerprint density at radius 1 is 1.20 bits per heavy atom. The van der Waals surface area contributed by atoms with Gasteiger partial charge in [0, 0.05) is 60.7 Å². The second kappa shape index (κ2) is 11.0. The van der Waals surface area contributed by atoms with E-state index in [1.54, 1.807) is 19.1 Å². The van der Waals surface area contributed by atoms with Crippen molar-refractivity contribution in [1.29, 1.82) is 0 Å². The zero-order chi connectivity index (χ0) is 21.5. The number of aryl methyl sites for hydroxylation is 1. The Balaban J connectivity index is 1.42. The molecule has 1 aromatic carbocycles. The molecule has 1 aromatic heterocycles. The van der Waals surface area contributed by atoms with Crippen molar-refractivity contribution in [2.24, 2.45) is 0 Å². The molecule has 0 saturated carbocycles. The summed E-state index contributed by atoms with van der Waals surface area (Å²) in [6, 6.07) is 7.18. The summed E-state index contributed by atoms with van der Waals surface area (Å²) in [5, 5.41) is 3.52. The van der Waals surface area contributed by atoms with Crippen LogP contribution in [0.2, 0.25) is 5.02 Å². The van der Waals surface area contributed by atoms with E-state index < -0.39 is 10.8 Å². The third-order valence-corrected chi connectivity index (χ3v) is 6.67. The Morgan fingerprint density at radius 2 is 1.87 bits per heavy atom. The predicted molar refractivity (Wildman–Crippen MR) is 120 cm³/mol. The molecule has 1 fully saturated rings. The average molecular weight is 453 g/mol. The first-order valence-corrected chi connectivity index (χ1v) is 12.1. The lowest BCUT2D eigenvalue weighted by Gasteiger charge is -2.33. The first-order chi connectivity index (χ1) is 14.4. The van der Waals surface area contributed by atoms with Crippen LogP contribution in [0.5, 0.6) is 0 Å². The smallest absolute Gasteiger partial charge is 0.232 e. The van der Waals surface area contributed by atoms with Gasteiger partial charge in [0.15, 0.2) is 0 Å². The molecule has 2 heterocycles. The largest absolute Gasteiger partial charge is 0.441 e. The molecule has 7 nitrogen and oxygen atoms in total. The molecule has 1 aliphatic heterocycles. The number of nitrogens with one attached hydrogen (secondary N) is 1. The third-order valence-electron chi connectivity index (χ3n) is 5.24. The molecule has 0 bridgehead atoms. The lowest BCUT2D eigenvalue weighted by molar-refractivity contribution is -0.118. The van der Waals surface area contributed by atoms with E-state index in [1.807, 2.05) is 12.1 Å². The van der Waals surface area contributed by atoms with Crippen LogP contribution in [-0.2, 0) is 21.3 Å². The molecule has 0 aliphatic carbocycles. The fraction of sp³-hybridized carbons (Fsp3) is 0.524. The van der Waals surface area contributed by atoms with Gasteiger partial charge >= 0.3 is 0 Å². The van der Waals surface area contributed by atoms with Gasteiger partial charge in [-0.3, -0.25) is 13.9 Å². The molecule has 9 heteroatoms. The fourth-order valence-electron chi connectivity index (χ4n) is 3.36. The number of oxazole rings is 1. The maximum absolute atomic E-state index is 12.4. The van der Waals surface area contributed by atoms with Crippen molar-refractivity contribution in [3.8, 4) is 11.5 Å². The molecule has 164 valence electrons. The maximum Gasteiger partial charge on any atom is 0.232 e. The van der Waals surface area contributed by atoms with Gasteiger partial charge in [0.05, 0.1) is 11.4 Å². The highest BCUT2D eigenvalue weighted by molar-refractivity contribution is 7.84. The molecule has 1 amide bonds. The first kappa shape index (κ1) is 22.9. The molecule has 3 rings (SSSR count). The van der Waals surface area contributed by atoms with Gasteiger partial charge in [0.25, 0.3) is 0 Å². The SMILES string of the molecule is CCN1CCN(CCNC(=O)C[S@@](=O)Cc2nc(-c3ccc(Cl)cc3)oc2C)CC1. The zero-order valence-electron chi connectivity index (χ0n) is 17.5. The number of piperazine rings is 1. The van der Waals surface area contributed by atoms with Gasteiger partial charge in [-0.2, -0.15) is 0 Å². The molecule has 0 spiro atoms. The molecular weight excluding hydrogens is 424 g/mol. The van der Waals surface area contributed by atoms with E-state index in [2.05, 4.69) is 27.0 Å². The quantitative estimate of drug-likeness (QED) is 0.629. The number of likely N-dealkylation sites (N-methyl/N-ethyl adjacent to an activating group) is 1. The monoisotopic (exact) mass is 452 g/mol. The van der Waals surface area contributed by atoms with Crippen molar-refractivity contribution in [1.82, 2.24) is 20.1 Å². The average Bonchev–Trinajstić information content (AvgIpc) is 3.09. The number of rotatable bonds is 9. The number of hydrogen-bond donors (Lipinski definition) is 1. The number of hydrogen-bond acceptors (Lipinski definition) is 6. The van der Waals surface area contributed by atoms with Crippen LogP contribution >= 0.6 is 11.6 Å². The Hall–Kier alpha value is -1.74. The van der Waals surface area contributed by atoms with Crippen LogP contribution in [0, 0.1) is 6.92 Å². The van der Waals surface area contributed by atoms with Crippen molar-refractivity contribution >= 4 is 28.3 Å². The van der Waals surface area contributed by atoms with Crippen molar-refractivity contribution < 1.29 is 13.4 Å². The molecule has 1 aliphatic rings. The summed E-state index contributed by atoms with van der Waals surface area (Å²) in [6.07, 6.45) is 0. The summed E-state index contributed by atoms with van der Waals surface area (Å²) < 4.78 is 18.1. The van der Waals surface area contributed by atoms with E-state index in [4.69, 9.17) is 16.0 Å². The first-order valence-electron chi connectivity index (χ1n) is 10.2. The van der Waals surface area contributed by atoms with E-state index in [-0.39, 0.29) is 17.4 Å². The minimum absolute atomic E-state index is 0.0355. The number of amides is 1. The van der Waals surface area contributed by atoms with Gasteiger partial charge in [-0.25, -0.2) is 4.98 Å². The Kier molecular flexibility index (Phi) is 8.44. The van der Waals surface area contributed by atoms with Crippen LogP contribution in [0.15, 0.2) is 28.7 Å². The van der Waals surface area contributed by atoms with Gasteiger partial charge < -0.3 is 14.6 Å². The van der Waals surface area contributed by atoms with Gasteiger partial charge in [0.1, 0.15) is 11.5 Å². The topological polar surface area (TPSA) is 78.7 Å². The van der Waals surface area contributed by atoms with Gasteiger partial charge in [0.2, 0.25) is 11.8 Å². The van der Waals surface area contributed by atoms with Gasteiger partial charge in [-0.1, -0.05) is 18.5 Å². The van der Waals surface area contributed by atoms with Gasteiger partial charge in [-0.05, 0) is 37.7 Å². The highest BCUT2D eigenvalue weighted by Crippen LogP contribution is 2.24. The lowest BCUT2D eigenvalue weighted by Crippen LogP contribution is -2.48. The van der Waals surface area contributed by atoms with Gasteiger partial charge in [-0.15, -0.1) is 0 Å². The van der Waals surface area contributed by atoms with Crippen LogP contribution < -0.4 is 5.32 Å². The molecule has 0 radical (unpaired) electrons. The van der Waals surface area contributed by atoms with Crippen molar-refractivity contribution in [2.75, 3.05) is 51.6 Å². The van der Waals surface area contributed by atoms with E-state index in [1.165, 1.54) is 0 Å². The number of carbonyl (C=O) groups is 1. The summed E-state index contributed by atoms with van der Waals surface area (Å²) in [5.74, 6) is 1.03. The van der Waals surface area contributed by atoms with E-state index in [9.17, 15) is 9.00 Å². The highest BCUT2D eigenvalue weighted by atomic mass is 35.5. The van der Waals surface area contributed by atoms with Crippen molar-refractivity contribution in [2.45, 2.75) is 19.6 Å². The van der Waals surface area contributed by atoms with E-state index in [0.29, 0.717) is 28.9 Å². The van der Waals surface area contributed by atoms with E-state index in [0.717, 1.165) is 44.8 Å². The second-order valence-corrected chi connectivity index (χ2v) is 9.28. The lowest BCUT2D eigenvalue weighted by atomic mass is 10.2. The summed E-state index contributed by atoms with van der Waals surface area (Å²) in [6.45, 7) is 10.6. The molecular formula is C21H29ClN4O3S. The molecule has 1 N–H and O–H groups in total. The number of halogens is 1. The minimum Gasteiger partial charge on any atom is -0.441 e. The number of carbonyl (C=O) groups excluding carboxylic acids is 1. The molecule has 30 heavy (non-hydrogen) atoms. The highest BCUT2D eigenvalue weighted by Gasteiger charge is 2.17. The zero-order valence-corrected chi connectivity index (χ0v) is 19.1. The third kappa shape index (κ3) is 6.63. The second-order valence-electron chi connectivity index (χ2n) is 7.38. The van der Waals surface area contributed by atoms with Crippen molar-refractivity contribution in [3.63, 3.8) is 0 Å². The van der Waals surface area contributed by atoms with Crippen LogP contribution in [0.3, 0.4) is 0 Å². The molecule has 0 unspecified atom stereocenters. The molecule has 1 atom stereocenters. The standard InChI is InChI=1S/C21H29ClN4O3S/c1-3-25-10-12-26(13-11-25)9-8-23-20(27)15-30(28)14-19-16(2)29-21(24-19)17-4-6-18(22)7-5-17/h4-7H,3,8-15H2,1-2H3,(H,23,27)/t30-/m0/s1. The Bertz CT molecular complexity index is 864. The summed E-state index contributed by atoms with van der Waals surface area (Å²) in [5.41, 5.74) is 1.41.